The second-order valence-corrected chi connectivity index (χ2v) is 5.33. The fourth-order valence-electron chi connectivity index (χ4n) is 1.95. The molecule has 2 nitrogen and oxygen atoms in total. The molecule has 0 aliphatic rings. The Labute approximate surface area is 126 Å². The highest BCUT2D eigenvalue weighted by Gasteiger charge is 2.29. The predicted molar refractivity (Wildman–Crippen MR) is 78.2 cm³/mol. The third kappa shape index (κ3) is 3.71. The molecule has 0 radical (unpaired) electrons. The Morgan fingerprint density at radius 3 is 2.38 bits per heavy atom. The normalized spacial score (nSPS) is 11.5. The van der Waals surface area contributed by atoms with E-state index in [-0.39, 0.29) is 17.9 Å². The Balaban J connectivity index is 2.44. The third-order valence-corrected chi connectivity index (χ3v) is 3.29. The molecular weight excluding hydrogens is 298 g/mol. The van der Waals surface area contributed by atoms with E-state index in [1.165, 1.54) is 12.1 Å². The number of rotatable bonds is 4. The number of alkyl halides is 2. The van der Waals surface area contributed by atoms with Crippen LogP contribution in [0.2, 0.25) is 5.02 Å². The quantitative estimate of drug-likeness (QED) is 0.856. The smallest absolute Gasteiger partial charge is 0.274 e. The molecule has 5 heteroatoms. The zero-order chi connectivity index (χ0) is 15.6. The lowest BCUT2D eigenvalue weighted by molar-refractivity contribution is 0.0153. The minimum Gasteiger partial charge on any atom is -0.457 e. The van der Waals surface area contributed by atoms with Crippen molar-refractivity contribution in [2.45, 2.75) is 26.4 Å². The molecule has 0 bridgehead atoms. The number of aryl methyl sites for hydroxylation is 1. The number of aliphatic hydroxyl groups excluding tert-OH is 1. The van der Waals surface area contributed by atoms with Gasteiger partial charge in [0.25, 0.3) is 5.92 Å². The number of halogens is 3. The van der Waals surface area contributed by atoms with Crippen LogP contribution >= 0.6 is 11.6 Å². The van der Waals surface area contributed by atoms with E-state index in [4.69, 9.17) is 21.4 Å². The standard InChI is InChI=1S/C16H15ClF2O2/c1-10-7-12(17)4-6-14(10)21-15-5-3-11(9-20)8-13(15)16(2,18)19/h3-8,20H,9H2,1-2H3. The Morgan fingerprint density at radius 2 is 1.81 bits per heavy atom. The fraction of sp³-hybridized carbons (Fsp3) is 0.250. The average Bonchev–Trinajstić information content (AvgIpc) is 2.41. The second-order valence-electron chi connectivity index (χ2n) is 4.89. The van der Waals surface area contributed by atoms with Gasteiger partial charge in [0, 0.05) is 11.9 Å². The topological polar surface area (TPSA) is 29.5 Å². The van der Waals surface area contributed by atoms with E-state index in [9.17, 15) is 8.78 Å². The van der Waals surface area contributed by atoms with E-state index >= 15 is 0 Å². The number of aliphatic hydroxyl groups is 1. The molecule has 1 N–H and O–H groups in total. The Hall–Kier alpha value is -1.65. The summed E-state index contributed by atoms with van der Waals surface area (Å²) in [5.41, 5.74) is 0.897. The SMILES string of the molecule is Cc1cc(Cl)ccc1Oc1ccc(CO)cc1C(C)(F)F. The Bertz CT molecular complexity index is 651. The van der Waals surface area contributed by atoms with E-state index < -0.39 is 5.92 Å². The molecule has 0 atom stereocenters. The molecule has 0 spiro atoms. The zero-order valence-corrected chi connectivity index (χ0v) is 12.4. The molecule has 112 valence electrons. The first kappa shape index (κ1) is 15.7. The van der Waals surface area contributed by atoms with Crippen LogP contribution < -0.4 is 4.74 Å². The molecule has 21 heavy (non-hydrogen) atoms. The minimum atomic E-state index is -3.07. The predicted octanol–water partition coefficient (Wildman–Crippen LogP) is 5.04. The van der Waals surface area contributed by atoms with E-state index in [0.717, 1.165) is 12.5 Å². The second kappa shape index (κ2) is 6.00. The molecule has 0 aliphatic heterocycles. The molecule has 0 heterocycles. The third-order valence-electron chi connectivity index (χ3n) is 3.06. The van der Waals surface area contributed by atoms with Gasteiger partial charge in [0.1, 0.15) is 11.5 Å². The van der Waals surface area contributed by atoms with Gasteiger partial charge in [0.05, 0.1) is 12.2 Å². The summed E-state index contributed by atoms with van der Waals surface area (Å²) in [4.78, 5) is 0. The fourth-order valence-corrected chi connectivity index (χ4v) is 2.18. The van der Waals surface area contributed by atoms with Crippen molar-refractivity contribution >= 4 is 11.6 Å². The van der Waals surface area contributed by atoms with Crippen LogP contribution in [-0.2, 0) is 12.5 Å². The van der Waals surface area contributed by atoms with Crippen molar-refractivity contribution in [2.75, 3.05) is 0 Å². The maximum atomic E-state index is 13.7. The highest BCUT2D eigenvalue weighted by molar-refractivity contribution is 6.30. The monoisotopic (exact) mass is 312 g/mol. The van der Waals surface area contributed by atoms with E-state index in [1.807, 2.05) is 0 Å². The maximum absolute atomic E-state index is 13.7. The molecule has 0 saturated heterocycles. The van der Waals surface area contributed by atoms with Crippen molar-refractivity contribution < 1.29 is 18.6 Å². The molecule has 0 aliphatic carbocycles. The highest BCUT2D eigenvalue weighted by Crippen LogP contribution is 2.38. The molecule has 2 aromatic carbocycles. The summed E-state index contributed by atoms with van der Waals surface area (Å²) >= 11 is 5.86. The summed E-state index contributed by atoms with van der Waals surface area (Å²) in [6.45, 7) is 2.28. The van der Waals surface area contributed by atoms with Gasteiger partial charge in [0.2, 0.25) is 0 Å². The molecule has 0 fully saturated rings. The highest BCUT2D eigenvalue weighted by atomic mass is 35.5. The first-order valence-corrected chi connectivity index (χ1v) is 6.75. The van der Waals surface area contributed by atoms with Crippen LogP contribution in [0.4, 0.5) is 8.78 Å². The lowest BCUT2D eigenvalue weighted by Gasteiger charge is -2.18. The van der Waals surface area contributed by atoms with E-state index in [2.05, 4.69) is 0 Å². The first-order valence-electron chi connectivity index (χ1n) is 6.37. The molecule has 0 unspecified atom stereocenters. The average molecular weight is 313 g/mol. The van der Waals surface area contributed by atoms with Crippen LogP contribution in [0.5, 0.6) is 11.5 Å². The summed E-state index contributed by atoms with van der Waals surface area (Å²) in [5.74, 6) is -2.55. The van der Waals surface area contributed by atoms with Gasteiger partial charge in [0.15, 0.2) is 0 Å². The molecule has 2 rings (SSSR count). The van der Waals surface area contributed by atoms with Crippen molar-refractivity contribution in [3.05, 3.63) is 58.1 Å². The van der Waals surface area contributed by atoms with Crippen LogP contribution in [0.15, 0.2) is 36.4 Å². The molecular formula is C16H15ClF2O2. The molecule has 0 saturated carbocycles. The summed E-state index contributed by atoms with van der Waals surface area (Å²) in [7, 11) is 0. The Kier molecular flexibility index (Phi) is 4.49. The van der Waals surface area contributed by atoms with Gasteiger partial charge in [-0.2, -0.15) is 0 Å². The van der Waals surface area contributed by atoms with E-state index in [0.29, 0.717) is 16.3 Å². The van der Waals surface area contributed by atoms with Crippen LogP contribution in [0.3, 0.4) is 0 Å². The van der Waals surface area contributed by atoms with Crippen molar-refractivity contribution in [2.24, 2.45) is 0 Å². The summed E-state index contributed by atoms with van der Waals surface area (Å²) in [5, 5.41) is 9.64. The number of hydrogen-bond donors (Lipinski definition) is 1. The molecule has 0 aromatic heterocycles. The van der Waals surface area contributed by atoms with Gasteiger partial charge >= 0.3 is 0 Å². The van der Waals surface area contributed by atoms with Crippen molar-refractivity contribution in [3.63, 3.8) is 0 Å². The number of ether oxygens (including phenoxy) is 1. The lowest BCUT2D eigenvalue weighted by Crippen LogP contribution is -2.10. The first-order chi connectivity index (χ1) is 9.81. The summed E-state index contributed by atoms with van der Waals surface area (Å²) in [6, 6.07) is 9.20. The van der Waals surface area contributed by atoms with Gasteiger partial charge in [-0.3, -0.25) is 0 Å². The van der Waals surface area contributed by atoms with Gasteiger partial charge < -0.3 is 9.84 Å². The van der Waals surface area contributed by atoms with Crippen molar-refractivity contribution in [3.8, 4) is 11.5 Å². The van der Waals surface area contributed by atoms with Crippen LogP contribution in [0.1, 0.15) is 23.6 Å². The molecule has 2 aromatic rings. The van der Waals surface area contributed by atoms with Crippen LogP contribution in [0, 0.1) is 6.92 Å². The number of hydrogen-bond acceptors (Lipinski definition) is 2. The van der Waals surface area contributed by atoms with E-state index in [1.54, 1.807) is 31.2 Å². The number of benzene rings is 2. The zero-order valence-electron chi connectivity index (χ0n) is 11.7. The lowest BCUT2D eigenvalue weighted by atomic mass is 10.0. The largest absolute Gasteiger partial charge is 0.457 e. The summed E-state index contributed by atoms with van der Waals surface area (Å²) < 4.78 is 33.0. The van der Waals surface area contributed by atoms with Gasteiger partial charge in [-0.1, -0.05) is 17.7 Å². The van der Waals surface area contributed by atoms with Gasteiger partial charge in [-0.05, 0) is 48.4 Å². The van der Waals surface area contributed by atoms with Crippen molar-refractivity contribution in [1.29, 1.82) is 0 Å². The maximum Gasteiger partial charge on any atom is 0.274 e. The van der Waals surface area contributed by atoms with Gasteiger partial charge in [-0.25, -0.2) is 8.78 Å². The molecule has 0 amide bonds. The Morgan fingerprint density at radius 1 is 1.14 bits per heavy atom. The van der Waals surface area contributed by atoms with Crippen LogP contribution in [-0.4, -0.2) is 5.11 Å². The minimum absolute atomic E-state index is 0.0603. The van der Waals surface area contributed by atoms with Gasteiger partial charge in [-0.15, -0.1) is 0 Å². The van der Waals surface area contributed by atoms with Crippen molar-refractivity contribution in [1.82, 2.24) is 0 Å². The van der Waals surface area contributed by atoms with Crippen LogP contribution in [0.25, 0.3) is 0 Å². The summed E-state index contributed by atoms with van der Waals surface area (Å²) in [6.07, 6.45) is 0.